The Morgan fingerprint density at radius 1 is 1.09 bits per heavy atom. The van der Waals surface area contributed by atoms with E-state index in [-0.39, 0.29) is 11.0 Å². The normalized spacial score (nSPS) is 15.5. The van der Waals surface area contributed by atoms with Crippen molar-refractivity contribution in [1.29, 1.82) is 0 Å². The molecule has 23 heavy (non-hydrogen) atoms. The van der Waals surface area contributed by atoms with Crippen molar-refractivity contribution < 1.29 is 0 Å². The molecule has 1 aliphatic rings. The molecule has 0 spiro atoms. The van der Waals surface area contributed by atoms with Gasteiger partial charge in [-0.3, -0.25) is 0 Å². The summed E-state index contributed by atoms with van der Waals surface area (Å²) in [6.07, 6.45) is 4.58. The fourth-order valence-electron chi connectivity index (χ4n) is 2.80. The van der Waals surface area contributed by atoms with E-state index in [1.165, 1.54) is 11.1 Å². The molecule has 0 fully saturated rings. The highest BCUT2D eigenvalue weighted by Gasteiger charge is 2.33. The third-order valence-corrected chi connectivity index (χ3v) is 4.75. The summed E-state index contributed by atoms with van der Waals surface area (Å²) in [5.74, 6) is 0.657. The molecule has 3 rings (SSSR count). The number of hydrogen-bond acceptors (Lipinski definition) is 4. The fourth-order valence-corrected chi connectivity index (χ4v) is 2.80. The van der Waals surface area contributed by atoms with Gasteiger partial charge in [-0.15, -0.1) is 5.10 Å². The zero-order chi connectivity index (χ0) is 16.7. The van der Waals surface area contributed by atoms with Crippen LogP contribution in [0.5, 0.6) is 0 Å². The van der Waals surface area contributed by atoms with Gasteiger partial charge in [0, 0.05) is 18.0 Å². The van der Waals surface area contributed by atoms with E-state index >= 15 is 0 Å². The van der Waals surface area contributed by atoms with E-state index in [0.29, 0.717) is 12.3 Å². The monoisotopic (exact) mass is 309 g/mol. The number of rotatable bonds is 4. The van der Waals surface area contributed by atoms with Gasteiger partial charge >= 0.3 is 0 Å². The highest BCUT2D eigenvalue weighted by molar-refractivity contribution is 5.86. The van der Waals surface area contributed by atoms with Crippen molar-refractivity contribution in [3.05, 3.63) is 59.6 Å². The molecule has 0 aliphatic carbocycles. The van der Waals surface area contributed by atoms with Gasteiger partial charge in [-0.1, -0.05) is 49.4 Å². The third-order valence-electron chi connectivity index (χ3n) is 4.75. The molecule has 1 aliphatic heterocycles. The van der Waals surface area contributed by atoms with Crippen molar-refractivity contribution >= 4 is 5.84 Å². The van der Waals surface area contributed by atoms with Crippen LogP contribution in [0.1, 0.15) is 45.4 Å². The smallest absolute Gasteiger partial charge is 0.103 e. The molecule has 2 aromatic rings. The van der Waals surface area contributed by atoms with Crippen LogP contribution in [0.4, 0.5) is 0 Å². The van der Waals surface area contributed by atoms with Gasteiger partial charge in [-0.2, -0.15) is 0 Å². The second-order valence-corrected chi connectivity index (χ2v) is 7.05. The van der Waals surface area contributed by atoms with Crippen LogP contribution in [0.25, 0.3) is 0 Å². The summed E-state index contributed by atoms with van der Waals surface area (Å²) < 4.78 is 1.93. The highest BCUT2D eigenvalue weighted by Crippen LogP contribution is 2.35. The molecule has 5 heteroatoms. The Morgan fingerprint density at radius 2 is 1.78 bits per heavy atom. The van der Waals surface area contributed by atoms with E-state index in [0.717, 1.165) is 5.69 Å². The van der Waals surface area contributed by atoms with Crippen molar-refractivity contribution in [2.24, 2.45) is 10.7 Å². The van der Waals surface area contributed by atoms with Crippen LogP contribution in [-0.4, -0.2) is 20.8 Å². The summed E-state index contributed by atoms with van der Waals surface area (Å²) >= 11 is 0. The van der Waals surface area contributed by atoms with Crippen LogP contribution < -0.4 is 5.73 Å². The lowest BCUT2D eigenvalue weighted by Gasteiger charge is -2.26. The molecule has 0 amide bonds. The molecule has 1 aromatic carbocycles. The summed E-state index contributed by atoms with van der Waals surface area (Å²) in [5, 5.41) is 8.82. The Bertz CT molecular complexity index is 766. The first-order valence-corrected chi connectivity index (χ1v) is 7.82. The van der Waals surface area contributed by atoms with E-state index in [1.807, 2.05) is 35.3 Å². The highest BCUT2D eigenvalue weighted by atomic mass is 15.4. The summed E-state index contributed by atoms with van der Waals surface area (Å²) in [4.78, 5) is 4.19. The predicted octanol–water partition coefficient (Wildman–Crippen LogP) is 2.98. The molecule has 0 saturated heterocycles. The average molecular weight is 309 g/mol. The molecule has 0 atom stereocenters. The molecule has 1 aromatic heterocycles. The molecule has 0 unspecified atom stereocenters. The lowest BCUT2D eigenvalue weighted by Crippen LogP contribution is -2.28. The molecule has 5 nitrogen and oxygen atoms in total. The van der Waals surface area contributed by atoms with Gasteiger partial charge < -0.3 is 5.73 Å². The first kappa shape index (κ1) is 15.5. The van der Waals surface area contributed by atoms with E-state index in [1.54, 1.807) is 0 Å². The van der Waals surface area contributed by atoms with Gasteiger partial charge in [0.1, 0.15) is 5.84 Å². The van der Waals surface area contributed by atoms with Crippen molar-refractivity contribution in [2.75, 3.05) is 0 Å². The van der Waals surface area contributed by atoms with E-state index in [9.17, 15) is 0 Å². The van der Waals surface area contributed by atoms with Gasteiger partial charge in [-0.25, -0.2) is 9.67 Å². The Labute approximate surface area is 136 Å². The van der Waals surface area contributed by atoms with Gasteiger partial charge in [0.05, 0.1) is 17.4 Å². The minimum Gasteiger partial charge on any atom is -0.387 e. The minimum absolute atomic E-state index is 0.240. The third kappa shape index (κ3) is 2.67. The molecular formula is C18H23N5. The van der Waals surface area contributed by atoms with E-state index in [4.69, 9.17) is 5.73 Å². The number of nitrogens with zero attached hydrogens (tertiary/aromatic N) is 4. The van der Waals surface area contributed by atoms with Crippen molar-refractivity contribution in [1.82, 2.24) is 15.0 Å². The number of aliphatic imine (C=N–C) groups is 1. The lowest BCUT2D eigenvalue weighted by molar-refractivity contribution is 0.380. The summed E-state index contributed by atoms with van der Waals surface area (Å²) in [5.41, 5.74) is 8.60. The number of benzene rings is 1. The average Bonchev–Trinajstić information content (AvgIpc) is 3.18. The van der Waals surface area contributed by atoms with Crippen molar-refractivity contribution in [3.63, 3.8) is 0 Å². The lowest BCUT2D eigenvalue weighted by atomic mass is 9.80. The van der Waals surface area contributed by atoms with Crippen LogP contribution in [-0.2, 0) is 11.0 Å². The second kappa shape index (κ2) is 5.33. The van der Waals surface area contributed by atoms with Gasteiger partial charge in [0.15, 0.2) is 0 Å². The Kier molecular flexibility index (Phi) is 3.59. The quantitative estimate of drug-likeness (QED) is 0.944. The Balaban J connectivity index is 1.92. The van der Waals surface area contributed by atoms with Crippen LogP contribution in [0.15, 0.2) is 53.3 Å². The fraction of sp³-hybridized carbons (Fsp3) is 0.389. The number of amidine groups is 1. The predicted molar refractivity (Wildman–Crippen MR) is 92.2 cm³/mol. The zero-order valence-electron chi connectivity index (χ0n) is 14.1. The Hall–Kier alpha value is -2.43. The zero-order valence-corrected chi connectivity index (χ0v) is 14.1. The standard InChI is InChI=1S/C18H23N5/c1-17(2,14-10-16(19)20-11-14)15-12-23(22-21-15)18(3,4)13-8-6-5-7-9-13/h5-9,11-12H,10H2,1-4H3,(H2,19,20). The molecule has 0 radical (unpaired) electrons. The molecule has 2 N–H and O–H groups in total. The maximum absolute atomic E-state index is 5.81. The summed E-state index contributed by atoms with van der Waals surface area (Å²) in [6.45, 7) is 8.56. The SMILES string of the molecule is CC(C)(C1=CN=C(N)C1)c1cn(C(C)(C)c2ccccc2)nn1. The minimum atomic E-state index is -0.262. The first-order valence-electron chi connectivity index (χ1n) is 7.82. The number of aromatic nitrogens is 3. The maximum atomic E-state index is 5.81. The van der Waals surface area contributed by atoms with Crippen molar-refractivity contribution in [3.8, 4) is 0 Å². The van der Waals surface area contributed by atoms with E-state index in [2.05, 4.69) is 55.1 Å². The Morgan fingerprint density at radius 3 is 2.39 bits per heavy atom. The summed E-state index contributed by atoms with van der Waals surface area (Å²) in [7, 11) is 0. The van der Waals surface area contributed by atoms with Gasteiger partial charge in [0.25, 0.3) is 0 Å². The molecule has 0 bridgehead atoms. The number of hydrogen-bond donors (Lipinski definition) is 1. The van der Waals surface area contributed by atoms with Crippen molar-refractivity contribution in [2.45, 2.75) is 45.1 Å². The molecule has 0 saturated carbocycles. The largest absolute Gasteiger partial charge is 0.387 e. The van der Waals surface area contributed by atoms with Crippen LogP contribution in [0.2, 0.25) is 0 Å². The molecule has 120 valence electrons. The van der Waals surface area contributed by atoms with E-state index < -0.39 is 0 Å². The summed E-state index contributed by atoms with van der Waals surface area (Å²) in [6, 6.07) is 10.3. The van der Waals surface area contributed by atoms with Crippen LogP contribution in [0, 0.1) is 0 Å². The topological polar surface area (TPSA) is 69.1 Å². The number of nitrogens with two attached hydrogens (primary N) is 1. The van der Waals surface area contributed by atoms with Crippen LogP contribution in [0.3, 0.4) is 0 Å². The van der Waals surface area contributed by atoms with Gasteiger partial charge in [0.2, 0.25) is 0 Å². The second-order valence-electron chi connectivity index (χ2n) is 7.05. The van der Waals surface area contributed by atoms with Gasteiger partial charge in [-0.05, 0) is 25.0 Å². The first-order chi connectivity index (χ1) is 10.8. The molecule has 2 heterocycles. The molecular weight excluding hydrogens is 286 g/mol. The van der Waals surface area contributed by atoms with Crippen LogP contribution >= 0.6 is 0 Å². The maximum Gasteiger partial charge on any atom is 0.103 e.